The third kappa shape index (κ3) is 2.87. The molecule has 0 atom stereocenters. The van der Waals surface area contributed by atoms with Crippen molar-refractivity contribution in [3.8, 4) is 5.69 Å². The minimum atomic E-state index is -0.972. The normalized spacial score (nSPS) is 11.0. The topological polar surface area (TPSA) is 55.1 Å². The molecule has 1 N–H and O–H groups in total. The van der Waals surface area contributed by atoms with Crippen LogP contribution in [0.2, 0.25) is 0 Å². The van der Waals surface area contributed by atoms with Crippen LogP contribution < -0.4 is 0 Å². The number of halogens is 1. The predicted molar refractivity (Wildman–Crippen MR) is 72.7 cm³/mol. The van der Waals surface area contributed by atoms with Crippen molar-refractivity contribution < 1.29 is 9.90 Å². The van der Waals surface area contributed by atoms with Gasteiger partial charge in [0.2, 0.25) is 0 Å². The lowest BCUT2D eigenvalue weighted by atomic mass is 10.1. The van der Waals surface area contributed by atoms with Crippen LogP contribution in [0.3, 0.4) is 0 Å². The van der Waals surface area contributed by atoms with Gasteiger partial charge in [0.1, 0.15) is 0 Å². The van der Waals surface area contributed by atoms with Crippen LogP contribution >= 0.6 is 15.9 Å². The van der Waals surface area contributed by atoms with E-state index >= 15 is 0 Å². The summed E-state index contributed by atoms with van der Waals surface area (Å²) in [5.41, 5.74) is 2.53. The van der Waals surface area contributed by atoms with Gasteiger partial charge >= 0.3 is 5.97 Å². The van der Waals surface area contributed by atoms with E-state index in [0.717, 1.165) is 27.5 Å². The molecule has 0 radical (unpaired) electrons. The molecular weight excluding hydrogens is 296 g/mol. The van der Waals surface area contributed by atoms with Gasteiger partial charge in [0, 0.05) is 22.3 Å². The molecule has 2 aromatic rings. The average molecular weight is 307 g/mol. The smallest absolute Gasteiger partial charge is 0.328 e. The second kappa shape index (κ2) is 5.18. The van der Waals surface area contributed by atoms with Crippen LogP contribution in [0.1, 0.15) is 11.3 Å². The molecule has 4 nitrogen and oxygen atoms in total. The van der Waals surface area contributed by atoms with Gasteiger partial charge in [0.25, 0.3) is 0 Å². The number of hydrogen-bond acceptors (Lipinski definition) is 2. The maximum atomic E-state index is 10.6. The highest BCUT2D eigenvalue weighted by molar-refractivity contribution is 9.10. The molecule has 0 saturated carbocycles. The Bertz CT molecular complexity index is 617. The molecular formula is C13H11BrN2O2. The minimum Gasteiger partial charge on any atom is -0.478 e. The first-order valence-electron chi connectivity index (χ1n) is 5.29. The lowest BCUT2D eigenvalue weighted by Gasteiger charge is -2.06. The molecule has 0 aliphatic heterocycles. The molecule has 1 aromatic carbocycles. The van der Waals surface area contributed by atoms with Crippen molar-refractivity contribution >= 4 is 28.0 Å². The molecule has 18 heavy (non-hydrogen) atoms. The highest BCUT2D eigenvalue weighted by Gasteiger charge is 2.05. The van der Waals surface area contributed by atoms with Gasteiger partial charge in [-0.3, -0.25) is 0 Å². The summed E-state index contributed by atoms with van der Waals surface area (Å²) in [6.45, 7) is 1.90. The molecule has 1 aromatic heterocycles. The van der Waals surface area contributed by atoms with Crippen molar-refractivity contribution in [2.75, 3.05) is 0 Å². The summed E-state index contributed by atoms with van der Waals surface area (Å²) >= 11 is 3.40. The number of carbonyl (C=O) groups is 1. The standard InChI is InChI=1S/C13H11BrN2O2/c1-9-6-7-16(15-9)12-8-11(14)4-2-10(12)3-5-13(17)18/h2-8H,1H3,(H,17,18)/b5-3+. The fraction of sp³-hybridized carbons (Fsp3) is 0.0769. The molecule has 0 unspecified atom stereocenters. The van der Waals surface area contributed by atoms with E-state index in [4.69, 9.17) is 5.11 Å². The Labute approximate surface area is 113 Å². The molecule has 0 bridgehead atoms. The Morgan fingerprint density at radius 1 is 1.44 bits per heavy atom. The number of carboxylic acid groups (broad SMARTS) is 1. The number of nitrogens with zero attached hydrogens (tertiary/aromatic N) is 2. The maximum Gasteiger partial charge on any atom is 0.328 e. The quantitative estimate of drug-likeness (QED) is 0.887. The van der Waals surface area contributed by atoms with Crippen molar-refractivity contribution in [1.29, 1.82) is 0 Å². The SMILES string of the molecule is Cc1ccn(-c2cc(Br)ccc2/C=C/C(=O)O)n1. The summed E-state index contributed by atoms with van der Waals surface area (Å²) in [7, 11) is 0. The zero-order valence-electron chi connectivity index (χ0n) is 9.67. The molecule has 1 heterocycles. The number of benzene rings is 1. The van der Waals surface area contributed by atoms with E-state index in [9.17, 15) is 4.79 Å². The van der Waals surface area contributed by atoms with Crippen LogP contribution in [0.15, 0.2) is 41.0 Å². The lowest BCUT2D eigenvalue weighted by molar-refractivity contribution is -0.131. The molecule has 0 fully saturated rings. The van der Waals surface area contributed by atoms with E-state index in [1.807, 2.05) is 37.4 Å². The first-order valence-corrected chi connectivity index (χ1v) is 6.09. The largest absolute Gasteiger partial charge is 0.478 e. The van der Waals surface area contributed by atoms with Crippen LogP contribution in [0, 0.1) is 6.92 Å². The predicted octanol–water partition coefficient (Wildman–Crippen LogP) is 3.04. The fourth-order valence-corrected chi connectivity index (χ4v) is 1.92. The lowest BCUT2D eigenvalue weighted by Crippen LogP contribution is -1.98. The Morgan fingerprint density at radius 2 is 2.22 bits per heavy atom. The first-order chi connectivity index (χ1) is 8.56. The van der Waals surface area contributed by atoms with E-state index in [1.165, 1.54) is 0 Å². The maximum absolute atomic E-state index is 10.6. The molecule has 0 aliphatic rings. The first kappa shape index (κ1) is 12.6. The summed E-state index contributed by atoms with van der Waals surface area (Å²) in [5.74, 6) is -0.972. The Morgan fingerprint density at radius 3 is 2.83 bits per heavy atom. The van der Waals surface area contributed by atoms with Crippen molar-refractivity contribution in [3.05, 3.63) is 52.3 Å². The molecule has 0 saturated heterocycles. The summed E-state index contributed by atoms with van der Waals surface area (Å²) in [5, 5.41) is 13.0. The van der Waals surface area contributed by atoms with E-state index < -0.39 is 5.97 Å². The van der Waals surface area contributed by atoms with E-state index in [-0.39, 0.29) is 0 Å². The zero-order chi connectivity index (χ0) is 13.1. The summed E-state index contributed by atoms with van der Waals surface area (Å²) in [6.07, 6.45) is 4.51. The zero-order valence-corrected chi connectivity index (χ0v) is 11.3. The van der Waals surface area contributed by atoms with E-state index in [0.29, 0.717) is 0 Å². The van der Waals surface area contributed by atoms with Gasteiger partial charge in [-0.15, -0.1) is 0 Å². The summed E-state index contributed by atoms with van der Waals surface area (Å²) in [6, 6.07) is 7.50. The van der Waals surface area contributed by atoms with Crippen LogP contribution in [-0.2, 0) is 4.79 Å². The number of rotatable bonds is 3. The van der Waals surface area contributed by atoms with Crippen LogP contribution in [0.25, 0.3) is 11.8 Å². The number of aliphatic carboxylic acids is 1. The van der Waals surface area contributed by atoms with Crippen molar-refractivity contribution in [2.45, 2.75) is 6.92 Å². The summed E-state index contributed by atoms with van der Waals surface area (Å²) < 4.78 is 2.64. The monoisotopic (exact) mass is 306 g/mol. The van der Waals surface area contributed by atoms with Gasteiger partial charge in [-0.1, -0.05) is 22.0 Å². The van der Waals surface area contributed by atoms with Gasteiger partial charge in [0.05, 0.1) is 11.4 Å². The Hall–Kier alpha value is -1.88. The van der Waals surface area contributed by atoms with Gasteiger partial charge in [0.15, 0.2) is 0 Å². The highest BCUT2D eigenvalue weighted by Crippen LogP contribution is 2.21. The molecule has 5 heteroatoms. The van der Waals surface area contributed by atoms with Crippen LogP contribution in [0.5, 0.6) is 0 Å². The number of aromatic nitrogens is 2. The number of hydrogen-bond donors (Lipinski definition) is 1. The molecule has 2 rings (SSSR count). The highest BCUT2D eigenvalue weighted by atomic mass is 79.9. The van der Waals surface area contributed by atoms with Crippen LogP contribution in [0.4, 0.5) is 0 Å². The third-order valence-corrected chi connectivity index (χ3v) is 2.86. The Balaban J connectivity index is 2.50. The van der Waals surface area contributed by atoms with Gasteiger partial charge in [-0.05, 0) is 31.2 Å². The van der Waals surface area contributed by atoms with E-state index in [2.05, 4.69) is 21.0 Å². The fourth-order valence-electron chi connectivity index (χ4n) is 1.57. The van der Waals surface area contributed by atoms with Gasteiger partial charge < -0.3 is 5.11 Å². The molecule has 0 spiro atoms. The van der Waals surface area contributed by atoms with Crippen molar-refractivity contribution in [2.24, 2.45) is 0 Å². The second-order valence-electron chi connectivity index (χ2n) is 3.78. The minimum absolute atomic E-state index is 0.795. The van der Waals surface area contributed by atoms with Crippen LogP contribution in [-0.4, -0.2) is 20.9 Å². The molecule has 0 aliphatic carbocycles. The number of carboxylic acids is 1. The second-order valence-corrected chi connectivity index (χ2v) is 4.69. The van der Waals surface area contributed by atoms with Gasteiger partial charge in [-0.25, -0.2) is 9.48 Å². The molecule has 0 amide bonds. The number of aryl methyl sites for hydroxylation is 1. The van der Waals surface area contributed by atoms with Crippen molar-refractivity contribution in [1.82, 2.24) is 9.78 Å². The van der Waals surface area contributed by atoms with Crippen molar-refractivity contribution in [3.63, 3.8) is 0 Å². The Kier molecular flexibility index (Phi) is 3.62. The van der Waals surface area contributed by atoms with E-state index in [1.54, 1.807) is 10.8 Å². The summed E-state index contributed by atoms with van der Waals surface area (Å²) in [4.78, 5) is 10.6. The third-order valence-electron chi connectivity index (χ3n) is 2.37. The van der Waals surface area contributed by atoms with Gasteiger partial charge in [-0.2, -0.15) is 5.10 Å². The molecule has 92 valence electrons. The average Bonchev–Trinajstić information content (AvgIpc) is 2.74.